The Hall–Kier alpha value is -4.77. The smallest absolute Gasteiger partial charge is 0.140 e. The van der Waals surface area contributed by atoms with Gasteiger partial charge in [-0.1, -0.05) is 12.1 Å². The molecule has 1 saturated heterocycles. The number of anilines is 5. The molecule has 0 saturated carbocycles. The van der Waals surface area contributed by atoms with Crippen LogP contribution in [-0.2, 0) is 11.3 Å². The van der Waals surface area contributed by atoms with Crippen molar-refractivity contribution >= 4 is 28.7 Å². The Bertz CT molecular complexity index is 1680. The minimum atomic E-state index is 0.379. The molecule has 208 valence electrons. The van der Waals surface area contributed by atoms with Gasteiger partial charge in [0, 0.05) is 67.8 Å². The Morgan fingerprint density at radius 1 is 0.927 bits per heavy atom. The molecular formula is C30H32N10O. The fourth-order valence-electron chi connectivity index (χ4n) is 5.88. The maximum atomic E-state index is 5.60. The Labute approximate surface area is 238 Å². The first-order valence-electron chi connectivity index (χ1n) is 13.9. The maximum Gasteiger partial charge on any atom is 0.140 e. The number of nitrogens with zero attached hydrogens (tertiary/aromatic N) is 7. The summed E-state index contributed by atoms with van der Waals surface area (Å²) in [6.45, 7) is 6.19. The highest BCUT2D eigenvalue weighted by Crippen LogP contribution is 2.45. The van der Waals surface area contributed by atoms with E-state index in [1.807, 2.05) is 44.6 Å². The predicted octanol–water partition coefficient (Wildman–Crippen LogP) is 5.53. The van der Waals surface area contributed by atoms with Gasteiger partial charge in [0.05, 0.1) is 47.1 Å². The van der Waals surface area contributed by atoms with Gasteiger partial charge in [-0.25, -0.2) is 19.9 Å². The van der Waals surface area contributed by atoms with Crippen LogP contribution in [0.25, 0.3) is 22.5 Å². The van der Waals surface area contributed by atoms with Crippen LogP contribution in [0.5, 0.6) is 0 Å². The van der Waals surface area contributed by atoms with Gasteiger partial charge < -0.3 is 25.3 Å². The molecule has 1 fully saturated rings. The Morgan fingerprint density at radius 3 is 2.61 bits per heavy atom. The van der Waals surface area contributed by atoms with Crippen molar-refractivity contribution in [3.8, 4) is 22.5 Å². The lowest BCUT2D eigenvalue weighted by molar-refractivity contribution is 0.0654. The van der Waals surface area contributed by atoms with Crippen LogP contribution < -0.4 is 15.5 Å². The molecule has 0 spiro atoms. The molecule has 0 radical (unpaired) electrons. The first-order chi connectivity index (χ1) is 20.0. The van der Waals surface area contributed by atoms with Crippen LogP contribution in [-0.4, -0.2) is 55.0 Å². The molecule has 0 aliphatic carbocycles. The fourth-order valence-corrected chi connectivity index (χ4v) is 5.88. The zero-order valence-corrected chi connectivity index (χ0v) is 23.3. The van der Waals surface area contributed by atoms with Gasteiger partial charge >= 0.3 is 0 Å². The van der Waals surface area contributed by atoms with E-state index < -0.39 is 0 Å². The summed E-state index contributed by atoms with van der Waals surface area (Å²) < 4.78 is 7.82. The number of pyridine rings is 1. The molecule has 11 heteroatoms. The highest BCUT2D eigenvalue weighted by molar-refractivity contribution is 5.93. The average Bonchev–Trinajstić information content (AvgIpc) is 3.64. The third-order valence-electron chi connectivity index (χ3n) is 7.68. The maximum absolute atomic E-state index is 5.60. The number of aryl methyl sites for hydroxylation is 2. The number of hydrogen-bond acceptors (Lipinski definition) is 9. The van der Waals surface area contributed by atoms with E-state index in [2.05, 4.69) is 70.4 Å². The van der Waals surface area contributed by atoms with Crippen molar-refractivity contribution in [2.75, 3.05) is 35.8 Å². The van der Waals surface area contributed by atoms with Crippen LogP contribution in [0.3, 0.4) is 0 Å². The van der Waals surface area contributed by atoms with E-state index in [-0.39, 0.29) is 0 Å². The van der Waals surface area contributed by atoms with Gasteiger partial charge in [0.15, 0.2) is 0 Å². The molecule has 7 rings (SSSR count). The molecule has 0 atom stereocenters. The molecule has 1 aromatic carbocycles. The summed E-state index contributed by atoms with van der Waals surface area (Å²) in [4.78, 5) is 23.6. The summed E-state index contributed by atoms with van der Waals surface area (Å²) in [5.41, 5.74) is 8.35. The number of para-hydroxylation sites is 1. The van der Waals surface area contributed by atoms with E-state index in [1.54, 1.807) is 6.20 Å². The second kappa shape index (κ2) is 10.3. The third kappa shape index (κ3) is 4.78. The lowest BCUT2D eigenvalue weighted by Crippen LogP contribution is -2.28. The summed E-state index contributed by atoms with van der Waals surface area (Å²) in [7, 11) is 2.14. The first-order valence-corrected chi connectivity index (χ1v) is 13.9. The number of ether oxygens (including phenoxy) is 1. The van der Waals surface area contributed by atoms with Gasteiger partial charge in [-0.3, -0.25) is 4.68 Å². The summed E-state index contributed by atoms with van der Waals surface area (Å²) in [6.07, 6.45) is 9.39. The van der Waals surface area contributed by atoms with Crippen molar-refractivity contribution in [3.05, 3.63) is 72.3 Å². The number of hydrogen-bond donors (Lipinski definition) is 3. The van der Waals surface area contributed by atoms with Crippen molar-refractivity contribution in [2.45, 2.75) is 39.3 Å². The van der Waals surface area contributed by atoms with Gasteiger partial charge in [0.25, 0.3) is 0 Å². The average molecular weight is 549 g/mol. The molecule has 3 N–H and O–H groups in total. The zero-order chi connectivity index (χ0) is 27.9. The van der Waals surface area contributed by atoms with Crippen LogP contribution >= 0.6 is 0 Å². The number of H-pyrrole nitrogens is 1. The molecule has 0 bridgehead atoms. The molecule has 11 nitrogen and oxygen atoms in total. The number of imidazole rings is 1. The normalized spacial score (nSPS) is 15.0. The van der Waals surface area contributed by atoms with Crippen LogP contribution in [0.1, 0.15) is 36.1 Å². The van der Waals surface area contributed by atoms with Crippen LogP contribution in [0.4, 0.5) is 28.7 Å². The summed E-state index contributed by atoms with van der Waals surface area (Å²) in [5, 5.41) is 11.9. The first kappa shape index (κ1) is 25.2. The minimum absolute atomic E-state index is 0.379. The molecule has 2 aliphatic heterocycles. The number of fused-ring (bicyclic) bond motifs is 3. The summed E-state index contributed by atoms with van der Waals surface area (Å²) in [6, 6.07) is 10.7. The predicted molar refractivity (Wildman–Crippen MR) is 159 cm³/mol. The molecule has 2 aliphatic rings. The van der Waals surface area contributed by atoms with E-state index >= 15 is 0 Å². The Morgan fingerprint density at radius 2 is 1.80 bits per heavy atom. The van der Waals surface area contributed by atoms with Crippen molar-refractivity contribution in [2.24, 2.45) is 0 Å². The molecular weight excluding hydrogens is 516 g/mol. The summed E-state index contributed by atoms with van der Waals surface area (Å²) >= 11 is 0. The monoisotopic (exact) mass is 548 g/mol. The van der Waals surface area contributed by atoms with Crippen molar-refractivity contribution in [1.82, 2.24) is 34.7 Å². The highest BCUT2D eigenvalue weighted by Gasteiger charge is 2.29. The van der Waals surface area contributed by atoms with E-state index in [1.165, 1.54) is 11.3 Å². The van der Waals surface area contributed by atoms with E-state index in [9.17, 15) is 0 Å². The largest absolute Gasteiger partial charge is 0.381 e. The van der Waals surface area contributed by atoms with Gasteiger partial charge in [-0.15, -0.1) is 0 Å². The quantitative estimate of drug-likeness (QED) is 0.251. The molecule has 4 aromatic heterocycles. The second-order valence-corrected chi connectivity index (χ2v) is 10.6. The SMILES string of the molecule is Cc1cc(Nc2cc(Nc3cccc4c3N(C)Cc3c-4cnn3C3CCOCC3)c(-c3ncc[nH]3)cn2)nc(C)n1. The van der Waals surface area contributed by atoms with Crippen molar-refractivity contribution in [1.29, 1.82) is 0 Å². The molecule has 5 aromatic rings. The standard InChI is InChI=1S/C30H32N10O/c1-18-13-28(36-19(2)35-18)38-27-14-25(23(15-33-27)30-31-9-10-32-30)37-24-6-4-5-21-22-16-34-40(20-7-11-41-12-8-20)26(22)17-39(3)29(21)24/h4-6,9-10,13-16,20H,7-8,11-12,17H2,1-3H3,(H,31,32)(H2,33,35,36,37,38). The van der Waals surface area contributed by atoms with Crippen LogP contribution in [0.2, 0.25) is 0 Å². The Kier molecular flexibility index (Phi) is 6.35. The van der Waals surface area contributed by atoms with Crippen molar-refractivity contribution < 1.29 is 4.74 Å². The van der Waals surface area contributed by atoms with E-state index in [4.69, 9.17) is 9.84 Å². The van der Waals surface area contributed by atoms with Gasteiger partial charge in [-0.2, -0.15) is 5.10 Å². The lowest BCUT2D eigenvalue weighted by atomic mass is 9.97. The van der Waals surface area contributed by atoms with Crippen molar-refractivity contribution in [3.63, 3.8) is 0 Å². The molecule has 41 heavy (non-hydrogen) atoms. The van der Waals surface area contributed by atoms with Gasteiger partial charge in [0.2, 0.25) is 0 Å². The highest BCUT2D eigenvalue weighted by atomic mass is 16.5. The van der Waals surface area contributed by atoms with E-state index in [0.717, 1.165) is 72.3 Å². The van der Waals surface area contributed by atoms with Gasteiger partial charge in [-0.05, 0) is 32.8 Å². The third-order valence-corrected chi connectivity index (χ3v) is 7.68. The molecule has 0 unspecified atom stereocenters. The number of nitrogens with one attached hydrogen (secondary N) is 3. The summed E-state index contributed by atoms with van der Waals surface area (Å²) in [5.74, 6) is 2.80. The molecule has 6 heterocycles. The molecule has 0 amide bonds. The zero-order valence-electron chi connectivity index (χ0n) is 23.3. The topological polar surface area (TPSA) is 122 Å². The minimum Gasteiger partial charge on any atom is -0.381 e. The van der Waals surface area contributed by atoms with Crippen LogP contribution in [0.15, 0.2) is 55.1 Å². The van der Waals surface area contributed by atoms with Gasteiger partial charge in [0.1, 0.15) is 23.3 Å². The second-order valence-electron chi connectivity index (χ2n) is 10.6. The number of aromatic nitrogens is 7. The number of benzene rings is 1. The number of rotatable bonds is 6. The van der Waals surface area contributed by atoms with Crippen LogP contribution in [0, 0.1) is 13.8 Å². The Balaban J connectivity index is 1.27. The fraction of sp³-hybridized carbons (Fsp3) is 0.300. The number of aromatic amines is 1. The van der Waals surface area contributed by atoms with E-state index in [0.29, 0.717) is 23.5 Å². The lowest BCUT2D eigenvalue weighted by Gasteiger charge is -2.32.